The van der Waals surface area contributed by atoms with Gasteiger partial charge in [-0.15, -0.1) is 0 Å². The van der Waals surface area contributed by atoms with Crippen LogP contribution in [0.25, 0.3) is 21.9 Å². The Morgan fingerprint density at radius 2 is 2.00 bits per heavy atom. The number of aryl methyl sites for hydroxylation is 1. The Morgan fingerprint density at radius 3 is 2.73 bits per heavy atom. The van der Waals surface area contributed by atoms with E-state index >= 15 is 0 Å². The fourth-order valence-electron chi connectivity index (χ4n) is 3.59. The van der Waals surface area contributed by atoms with Crippen LogP contribution in [-0.2, 0) is 18.3 Å². The van der Waals surface area contributed by atoms with Gasteiger partial charge in [-0.05, 0) is 56.0 Å². The lowest BCUT2D eigenvalue weighted by Crippen LogP contribution is -2.34. The third-order valence-corrected chi connectivity index (χ3v) is 5.25. The highest BCUT2D eigenvalue weighted by Gasteiger charge is 2.23. The summed E-state index contributed by atoms with van der Waals surface area (Å²) in [6, 6.07) is 6.36. The lowest BCUT2D eigenvalue weighted by atomic mass is 9.90. The predicted octanol–water partition coefficient (Wildman–Crippen LogP) is 3.09. The number of rotatable bonds is 4. The Kier molecular flexibility index (Phi) is 4.23. The summed E-state index contributed by atoms with van der Waals surface area (Å²) in [5, 5.41) is 5.97. The molecule has 0 aliphatic carbocycles. The average molecular weight is 349 g/mol. The van der Waals surface area contributed by atoms with Gasteiger partial charge in [0.25, 0.3) is 0 Å². The highest BCUT2D eigenvalue weighted by atomic mass is 16.1. The number of piperidine rings is 1. The van der Waals surface area contributed by atoms with E-state index in [2.05, 4.69) is 22.0 Å². The molecule has 2 aromatic heterocycles. The molecule has 1 aliphatic heterocycles. The Labute approximate surface area is 155 Å². The topological polar surface area (TPSA) is 51.0 Å². The van der Waals surface area contributed by atoms with Gasteiger partial charge in [0.1, 0.15) is 5.78 Å². The maximum atomic E-state index is 12.7. The second kappa shape index (κ2) is 7.00. The monoisotopic (exact) mass is 349 g/mol. The largest absolute Gasteiger partial charge is 0.306 e. The van der Waals surface area contributed by atoms with Gasteiger partial charge in [0, 0.05) is 48.4 Å². The third kappa shape index (κ3) is 3.53. The van der Waals surface area contributed by atoms with Crippen molar-refractivity contribution in [2.24, 2.45) is 13.0 Å². The van der Waals surface area contributed by atoms with Crippen molar-refractivity contribution in [2.45, 2.75) is 19.3 Å². The van der Waals surface area contributed by atoms with Crippen molar-refractivity contribution in [3.8, 4) is 11.1 Å². The Hall–Kier alpha value is -2.53. The van der Waals surface area contributed by atoms with E-state index in [1.807, 2.05) is 37.6 Å². The van der Waals surface area contributed by atoms with E-state index in [0.29, 0.717) is 11.7 Å². The van der Waals surface area contributed by atoms with Crippen LogP contribution in [0.1, 0.15) is 19.9 Å². The summed E-state index contributed by atoms with van der Waals surface area (Å²) in [4.78, 5) is 19.4. The van der Waals surface area contributed by atoms with E-state index in [9.17, 15) is 4.79 Å². The number of pyridine rings is 1. The molecule has 1 saturated heterocycles. The van der Waals surface area contributed by atoms with Crippen molar-refractivity contribution in [3.05, 3.63) is 48.5 Å². The first kappa shape index (κ1) is 15.7. The van der Waals surface area contributed by atoms with Gasteiger partial charge >= 0.3 is 0 Å². The van der Waals surface area contributed by atoms with E-state index in [-0.39, 0.29) is 18.1 Å². The number of aromatic nitrogens is 3. The molecule has 134 valence electrons. The number of likely N-dealkylation sites (tertiary alicyclic amines) is 1. The van der Waals surface area contributed by atoms with Crippen molar-refractivity contribution >= 4 is 16.6 Å². The second-order valence-corrected chi connectivity index (χ2v) is 7.26. The zero-order chi connectivity index (χ0) is 19.0. The molecule has 0 amide bonds. The molecule has 0 unspecified atom stereocenters. The van der Waals surface area contributed by atoms with Crippen molar-refractivity contribution in [1.82, 2.24) is 19.7 Å². The van der Waals surface area contributed by atoms with Gasteiger partial charge in [-0.1, -0.05) is 12.1 Å². The number of hydrogen-bond donors (Lipinski definition) is 0. The standard InChI is InChI=1S/C21H24N4O/c1-24-7-5-15(6-8-24)21(26)11-20-10-18-9-16(3-4-17(18)12-22-20)19-13-23-25(2)14-19/h3-4,9-10,12-15H,5-8,11H2,1-2H3/i10D. The van der Waals surface area contributed by atoms with Crippen LogP contribution >= 0.6 is 0 Å². The quantitative estimate of drug-likeness (QED) is 0.726. The molecule has 5 heteroatoms. The fraction of sp³-hybridized carbons (Fsp3) is 0.381. The van der Waals surface area contributed by atoms with E-state index in [1.54, 1.807) is 10.9 Å². The van der Waals surface area contributed by atoms with Gasteiger partial charge in [-0.2, -0.15) is 5.10 Å². The summed E-state index contributed by atoms with van der Waals surface area (Å²) in [5.74, 6) is 0.312. The molecule has 3 heterocycles. The smallest absolute Gasteiger partial charge is 0.142 e. The van der Waals surface area contributed by atoms with Crippen molar-refractivity contribution in [1.29, 1.82) is 0 Å². The van der Waals surface area contributed by atoms with Crippen molar-refractivity contribution in [2.75, 3.05) is 20.1 Å². The molecule has 1 aromatic carbocycles. The molecule has 26 heavy (non-hydrogen) atoms. The minimum atomic E-state index is 0.0971. The maximum Gasteiger partial charge on any atom is 0.142 e. The van der Waals surface area contributed by atoms with Crippen LogP contribution in [0.4, 0.5) is 0 Å². The Morgan fingerprint density at radius 1 is 1.19 bits per heavy atom. The molecule has 4 rings (SSSR count). The van der Waals surface area contributed by atoms with Crippen LogP contribution in [0.5, 0.6) is 0 Å². The number of benzene rings is 1. The molecule has 0 N–H and O–H groups in total. The minimum absolute atomic E-state index is 0.0971. The number of ketones is 1. The molecule has 0 spiro atoms. The molecule has 3 aromatic rings. The van der Waals surface area contributed by atoms with Gasteiger partial charge in [0.05, 0.1) is 7.57 Å². The van der Waals surface area contributed by atoms with Crippen molar-refractivity contribution < 1.29 is 6.17 Å². The first-order valence-corrected chi connectivity index (χ1v) is 9.10. The van der Waals surface area contributed by atoms with Crippen molar-refractivity contribution in [3.63, 3.8) is 0 Å². The average Bonchev–Trinajstić information content (AvgIpc) is 3.11. The lowest BCUT2D eigenvalue weighted by molar-refractivity contribution is -0.123. The molecule has 0 radical (unpaired) electrons. The number of carbonyl (C=O) groups excluding carboxylic acids is 1. The third-order valence-electron chi connectivity index (χ3n) is 5.25. The molecule has 1 fully saturated rings. The van der Waals surface area contributed by atoms with Crippen LogP contribution in [0.15, 0.2) is 42.8 Å². The molecular weight excluding hydrogens is 324 g/mol. The lowest BCUT2D eigenvalue weighted by Gasteiger charge is -2.27. The van der Waals surface area contributed by atoms with Crippen LogP contribution in [0.2, 0.25) is 0 Å². The highest BCUT2D eigenvalue weighted by Crippen LogP contribution is 2.25. The summed E-state index contributed by atoms with van der Waals surface area (Å²) >= 11 is 0. The van der Waals surface area contributed by atoms with E-state index in [4.69, 9.17) is 1.37 Å². The predicted molar refractivity (Wildman–Crippen MR) is 103 cm³/mol. The highest BCUT2D eigenvalue weighted by molar-refractivity contribution is 5.88. The summed E-state index contributed by atoms with van der Waals surface area (Å²) in [6.07, 6.45) is 7.60. The van der Waals surface area contributed by atoms with Crippen LogP contribution in [0.3, 0.4) is 0 Å². The Bertz CT molecular complexity index is 989. The fourth-order valence-corrected chi connectivity index (χ4v) is 3.59. The second-order valence-electron chi connectivity index (χ2n) is 7.26. The van der Waals surface area contributed by atoms with E-state index in [0.717, 1.165) is 47.8 Å². The summed E-state index contributed by atoms with van der Waals surface area (Å²) < 4.78 is 10.4. The number of carbonyl (C=O) groups is 1. The van der Waals surface area contributed by atoms with Gasteiger partial charge < -0.3 is 4.90 Å². The molecule has 0 bridgehead atoms. The molecule has 5 nitrogen and oxygen atoms in total. The zero-order valence-corrected chi connectivity index (χ0v) is 15.3. The SMILES string of the molecule is [2H]c1c(CC(=O)C2CCN(C)CC2)ncc2ccc(-c3cnn(C)c3)cc12. The van der Waals surface area contributed by atoms with Crippen LogP contribution < -0.4 is 0 Å². The first-order chi connectivity index (χ1) is 13.0. The van der Waals surface area contributed by atoms with Gasteiger partial charge in [-0.3, -0.25) is 14.5 Å². The van der Waals surface area contributed by atoms with Gasteiger partial charge in [0.2, 0.25) is 0 Å². The van der Waals surface area contributed by atoms with Crippen LogP contribution in [0, 0.1) is 5.92 Å². The summed E-state index contributed by atoms with van der Waals surface area (Å²) in [6.45, 7) is 1.92. The first-order valence-electron chi connectivity index (χ1n) is 9.60. The Balaban J connectivity index is 1.61. The maximum absolute atomic E-state index is 12.7. The normalized spacial score (nSPS) is 16.8. The number of nitrogens with zero attached hydrogens (tertiary/aromatic N) is 4. The van der Waals surface area contributed by atoms with Gasteiger partial charge in [-0.25, -0.2) is 0 Å². The molecular formula is C21H24N4O. The van der Waals surface area contributed by atoms with E-state index < -0.39 is 0 Å². The number of Topliss-reactive ketones (excluding diaryl/α,β-unsaturated/α-hetero) is 1. The zero-order valence-electron chi connectivity index (χ0n) is 16.3. The molecule has 1 aliphatic rings. The number of hydrogen-bond acceptors (Lipinski definition) is 4. The summed E-state index contributed by atoms with van der Waals surface area (Å²) in [7, 11) is 3.98. The minimum Gasteiger partial charge on any atom is -0.306 e. The number of fused-ring (bicyclic) bond motifs is 1. The molecule has 0 saturated carbocycles. The van der Waals surface area contributed by atoms with E-state index in [1.165, 1.54) is 0 Å². The summed E-state index contributed by atoms with van der Waals surface area (Å²) in [5.41, 5.74) is 2.61. The van der Waals surface area contributed by atoms with Crippen LogP contribution in [-0.4, -0.2) is 45.6 Å². The van der Waals surface area contributed by atoms with Gasteiger partial charge in [0.15, 0.2) is 0 Å². The molecule has 0 atom stereocenters.